The number of fused-ring (bicyclic) bond motifs is 1. The number of aliphatic hydroxyl groups is 2. The molecule has 0 spiro atoms. The second-order valence-electron chi connectivity index (χ2n) is 5.41. The van der Waals surface area contributed by atoms with Crippen LogP contribution in [0.1, 0.15) is 23.2 Å². The van der Waals surface area contributed by atoms with Gasteiger partial charge in [-0.15, -0.1) is 11.3 Å². The first-order valence-electron chi connectivity index (χ1n) is 7.10. The molecule has 6 heteroatoms. The van der Waals surface area contributed by atoms with Crippen LogP contribution in [0.2, 0.25) is 0 Å². The molecule has 1 saturated heterocycles. The number of rotatable bonds is 3. The summed E-state index contributed by atoms with van der Waals surface area (Å²) in [4.78, 5) is 18.5. The van der Waals surface area contributed by atoms with Gasteiger partial charge in [0.05, 0.1) is 28.4 Å². The molecule has 0 bridgehead atoms. The van der Waals surface area contributed by atoms with Gasteiger partial charge >= 0.3 is 0 Å². The maximum atomic E-state index is 12.5. The van der Waals surface area contributed by atoms with E-state index in [-0.39, 0.29) is 18.4 Å². The average Bonchev–Trinajstić information content (AvgIpc) is 3.01. The van der Waals surface area contributed by atoms with Crippen LogP contribution < -0.4 is 0 Å². The van der Waals surface area contributed by atoms with Crippen molar-refractivity contribution in [2.75, 3.05) is 19.7 Å². The van der Waals surface area contributed by atoms with Crippen LogP contribution in [0.25, 0.3) is 10.2 Å². The Balaban J connectivity index is 1.68. The molecule has 1 amide bonds. The maximum absolute atomic E-state index is 12.5. The molecule has 1 atom stereocenters. The van der Waals surface area contributed by atoms with E-state index in [1.165, 1.54) is 11.3 Å². The van der Waals surface area contributed by atoms with Crippen LogP contribution >= 0.6 is 11.3 Å². The number of carbonyl (C=O) groups excluding carboxylic acids is 1. The minimum Gasteiger partial charge on any atom is -0.394 e. The van der Waals surface area contributed by atoms with Gasteiger partial charge in [0.2, 0.25) is 0 Å². The Bertz CT molecular complexity index is 635. The Morgan fingerprint density at radius 3 is 2.90 bits per heavy atom. The Morgan fingerprint density at radius 1 is 1.43 bits per heavy atom. The molecule has 2 N–H and O–H groups in total. The lowest BCUT2D eigenvalue weighted by Gasteiger charge is -2.33. The Morgan fingerprint density at radius 2 is 2.19 bits per heavy atom. The summed E-state index contributed by atoms with van der Waals surface area (Å²) in [5.41, 5.74) is 3.38. The molecule has 0 saturated carbocycles. The number of benzene rings is 1. The molecule has 2 aromatic rings. The van der Waals surface area contributed by atoms with E-state index in [9.17, 15) is 9.90 Å². The molecular formula is C15H18N2O3S. The van der Waals surface area contributed by atoms with E-state index < -0.39 is 6.10 Å². The van der Waals surface area contributed by atoms with E-state index in [4.69, 9.17) is 5.11 Å². The van der Waals surface area contributed by atoms with Crippen molar-refractivity contribution in [3.63, 3.8) is 0 Å². The molecule has 112 valence electrons. The van der Waals surface area contributed by atoms with Crippen LogP contribution in [0.3, 0.4) is 0 Å². The van der Waals surface area contributed by atoms with Crippen LogP contribution in [-0.4, -0.2) is 51.8 Å². The number of piperidine rings is 1. The lowest BCUT2D eigenvalue weighted by molar-refractivity contribution is 0.0179. The predicted molar refractivity (Wildman–Crippen MR) is 81.3 cm³/mol. The zero-order chi connectivity index (χ0) is 14.8. The smallest absolute Gasteiger partial charge is 0.253 e. The first-order chi connectivity index (χ1) is 10.2. The molecule has 21 heavy (non-hydrogen) atoms. The van der Waals surface area contributed by atoms with Gasteiger partial charge in [-0.1, -0.05) is 0 Å². The second-order valence-corrected chi connectivity index (χ2v) is 6.30. The number of hydrogen-bond donors (Lipinski definition) is 2. The van der Waals surface area contributed by atoms with Gasteiger partial charge in [0.25, 0.3) is 5.91 Å². The molecular weight excluding hydrogens is 288 g/mol. The largest absolute Gasteiger partial charge is 0.394 e. The topological polar surface area (TPSA) is 73.7 Å². The summed E-state index contributed by atoms with van der Waals surface area (Å²) < 4.78 is 1.02. The number of thiazole rings is 1. The fourth-order valence-corrected chi connectivity index (χ4v) is 3.52. The van der Waals surface area contributed by atoms with Crippen LogP contribution in [0, 0.1) is 5.92 Å². The van der Waals surface area contributed by atoms with Gasteiger partial charge in [0.15, 0.2) is 0 Å². The number of amides is 1. The minimum absolute atomic E-state index is 0.0299. The van der Waals surface area contributed by atoms with Gasteiger partial charge in [-0.3, -0.25) is 4.79 Å². The molecule has 1 unspecified atom stereocenters. The molecule has 3 rings (SSSR count). The Labute approximate surface area is 126 Å². The van der Waals surface area contributed by atoms with Gasteiger partial charge < -0.3 is 15.1 Å². The quantitative estimate of drug-likeness (QED) is 0.901. The van der Waals surface area contributed by atoms with E-state index in [1.54, 1.807) is 5.51 Å². The summed E-state index contributed by atoms with van der Waals surface area (Å²) in [6.45, 7) is 1.04. The van der Waals surface area contributed by atoms with Crippen LogP contribution in [0.15, 0.2) is 23.7 Å². The zero-order valence-electron chi connectivity index (χ0n) is 11.6. The maximum Gasteiger partial charge on any atom is 0.253 e. The van der Waals surface area contributed by atoms with Crippen molar-refractivity contribution in [1.82, 2.24) is 9.88 Å². The number of hydrogen-bond acceptors (Lipinski definition) is 5. The summed E-state index contributed by atoms with van der Waals surface area (Å²) in [5.74, 6) is 0.116. The summed E-state index contributed by atoms with van der Waals surface area (Å²) in [6.07, 6.45) is 0.794. The van der Waals surface area contributed by atoms with E-state index in [2.05, 4.69) is 4.98 Å². The number of aliphatic hydroxyl groups excluding tert-OH is 2. The van der Waals surface area contributed by atoms with Crippen LogP contribution in [-0.2, 0) is 0 Å². The molecule has 1 aliphatic heterocycles. The summed E-state index contributed by atoms with van der Waals surface area (Å²) >= 11 is 1.53. The van der Waals surface area contributed by atoms with Gasteiger partial charge in [0.1, 0.15) is 0 Å². The molecule has 1 aromatic carbocycles. The van der Waals surface area contributed by atoms with Crippen molar-refractivity contribution in [3.05, 3.63) is 29.3 Å². The van der Waals surface area contributed by atoms with Crippen molar-refractivity contribution in [1.29, 1.82) is 0 Å². The molecule has 2 heterocycles. The third-order valence-electron chi connectivity index (χ3n) is 4.14. The lowest BCUT2D eigenvalue weighted by atomic mass is 9.91. The van der Waals surface area contributed by atoms with Crippen molar-refractivity contribution in [3.8, 4) is 0 Å². The van der Waals surface area contributed by atoms with E-state index in [0.29, 0.717) is 18.7 Å². The first kappa shape index (κ1) is 14.4. The molecule has 1 aliphatic rings. The number of nitrogens with zero attached hydrogens (tertiary/aromatic N) is 2. The highest BCUT2D eigenvalue weighted by Crippen LogP contribution is 2.24. The third-order valence-corrected chi connectivity index (χ3v) is 4.93. The monoisotopic (exact) mass is 306 g/mol. The van der Waals surface area contributed by atoms with Crippen molar-refractivity contribution in [2.24, 2.45) is 5.92 Å². The highest BCUT2D eigenvalue weighted by atomic mass is 32.1. The van der Waals surface area contributed by atoms with E-state index >= 15 is 0 Å². The number of aromatic nitrogens is 1. The Hall–Kier alpha value is -1.50. The number of carbonyl (C=O) groups is 1. The second kappa shape index (κ2) is 6.09. The van der Waals surface area contributed by atoms with Gasteiger partial charge in [0, 0.05) is 18.7 Å². The van der Waals surface area contributed by atoms with Gasteiger partial charge in [-0.25, -0.2) is 4.98 Å². The Kier molecular flexibility index (Phi) is 4.19. The predicted octanol–water partition coefficient (Wildman–Crippen LogP) is 1.50. The first-order valence-corrected chi connectivity index (χ1v) is 7.98. The van der Waals surface area contributed by atoms with Gasteiger partial charge in [-0.2, -0.15) is 0 Å². The summed E-state index contributed by atoms with van der Waals surface area (Å²) in [7, 11) is 0. The highest BCUT2D eigenvalue weighted by Gasteiger charge is 2.27. The molecule has 0 radical (unpaired) electrons. The third kappa shape index (κ3) is 2.92. The molecule has 1 fully saturated rings. The van der Waals surface area contributed by atoms with Crippen molar-refractivity contribution in [2.45, 2.75) is 18.9 Å². The molecule has 5 nitrogen and oxygen atoms in total. The van der Waals surface area contributed by atoms with Crippen LogP contribution in [0.4, 0.5) is 0 Å². The normalized spacial score (nSPS) is 18.1. The fraction of sp³-hybridized carbons (Fsp3) is 0.467. The van der Waals surface area contributed by atoms with E-state index in [0.717, 1.165) is 23.1 Å². The minimum atomic E-state index is -0.671. The standard InChI is InChI=1S/C15H18N2O3S/c18-8-13(19)10-3-5-17(6-4-10)15(20)11-1-2-12-14(7-11)21-9-16-12/h1-2,7,9-10,13,18-19H,3-6,8H2. The highest BCUT2D eigenvalue weighted by molar-refractivity contribution is 7.16. The average molecular weight is 306 g/mol. The lowest BCUT2D eigenvalue weighted by Crippen LogP contribution is -2.42. The van der Waals surface area contributed by atoms with Crippen LogP contribution in [0.5, 0.6) is 0 Å². The summed E-state index contributed by atoms with van der Waals surface area (Å²) in [5, 5.41) is 18.6. The number of likely N-dealkylation sites (tertiary alicyclic amines) is 1. The zero-order valence-corrected chi connectivity index (χ0v) is 12.4. The SMILES string of the molecule is O=C(c1ccc2ncsc2c1)N1CCC(C(O)CO)CC1. The summed E-state index contributed by atoms with van der Waals surface area (Å²) in [6, 6.07) is 5.59. The van der Waals surface area contributed by atoms with E-state index in [1.807, 2.05) is 23.1 Å². The van der Waals surface area contributed by atoms with Crippen molar-refractivity contribution < 1.29 is 15.0 Å². The fourth-order valence-electron chi connectivity index (χ4n) is 2.81. The molecule has 0 aliphatic carbocycles. The van der Waals surface area contributed by atoms with Crippen molar-refractivity contribution >= 4 is 27.5 Å². The molecule has 1 aromatic heterocycles. The van der Waals surface area contributed by atoms with Gasteiger partial charge in [-0.05, 0) is 37.0 Å².